The van der Waals surface area contributed by atoms with Crippen LogP contribution in [-0.4, -0.2) is 17.1 Å². The highest BCUT2D eigenvalue weighted by Gasteiger charge is 2.14. The van der Waals surface area contributed by atoms with Crippen LogP contribution >= 0.6 is 11.6 Å². The van der Waals surface area contributed by atoms with Gasteiger partial charge in [0.15, 0.2) is 11.5 Å². The fourth-order valence-electron chi connectivity index (χ4n) is 3.49. The monoisotopic (exact) mass is 443 g/mol. The molecule has 0 radical (unpaired) electrons. The van der Waals surface area contributed by atoms with Gasteiger partial charge in [0.2, 0.25) is 0 Å². The summed E-state index contributed by atoms with van der Waals surface area (Å²) in [7, 11) is 1.56. The molecule has 1 N–H and O–H groups in total. The van der Waals surface area contributed by atoms with Crippen LogP contribution in [0.1, 0.15) is 28.1 Å². The molecule has 0 atom stereocenters. The van der Waals surface area contributed by atoms with Crippen molar-refractivity contribution in [3.05, 3.63) is 87.7 Å². The summed E-state index contributed by atoms with van der Waals surface area (Å²) in [5.74, 6) is 1.46. The minimum atomic E-state index is 0.370. The summed E-state index contributed by atoms with van der Waals surface area (Å²) in [5.41, 5.74) is 6.12. The van der Waals surface area contributed by atoms with Crippen LogP contribution in [0.15, 0.2) is 54.6 Å². The Labute approximate surface area is 191 Å². The molecule has 0 bridgehead atoms. The van der Waals surface area contributed by atoms with Gasteiger partial charge in [-0.25, -0.2) is 4.98 Å². The lowest BCUT2D eigenvalue weighted by Gasteiger charge is -2.14. The maximum absolute atomic E-state index is 9.74. The van der Waals surface area contributed by atoms with Gasteiger partial charge in [-0.1, -0.05) is 47.5 Å². The Morgan fingerprint density at radius 2 is 1.94 bits per heavy atom. The van der Waals surface area contributed by atoms with Crippen molar-refractivity contribution < 1.29 is 9.47 Å². The van der Waals surface area contributed by atoms with Crippen molar-refractivity contribution >= 4 is 34.3 Å². The number of H-pyrrole nitrogens is 1. The molecule has 5 nitrogen and oxygen atoms in total. The van der Waals surface area contributed by atoms with E-state index < -0.39 is 0 Å². The smallest absolute Gasteiger partial charge is 0.180 e. The van der Waals surface area contributed by atoms with Gasteiger partial charge >= 0.3 is 0 Å². The second-order valence-corrected chi connectivity index (χ2v) is 7.99. The summed E-state index contributed by atoms with van der Waals surface area (Å²) in [5, 5.41) is 10.1. The highest BCUT2D eigenvalue weighted by molar-refractivity contribution is 6.32. The summed E-state index contributed by atoms with van der Waals surface area (Å²) in [6.45, 7) is 4.42. The zero-order chi connectivity index (χ0) is 22.7. The summed E-state index contributed by atoms with van der Waals surface area (Å²) in [4.78, 5) is 7.75. The Balaban J connectivity index is 1.64. The van der Waals surface area contributed by atoms with Crippen LogP contribution in [-0.2, 0) is 6.61 Å². The molecule has 0 aliphatic heterocycles. The van der Waals surface area contributed by atoms with Gasteiger partial charge < -0.3 is 14.5 Å². The number of aromatic amines is 1. The van der Waals surface area contributed by atoms with E-state index in [1.807, 2.05) is 50.2 Å². The third kappa shape index (κ3) is 4.61. The van der Waals surface area contributed by atoms with Crippen LogP contribution < -0.4 is 9.47 Å². The van der Waals surface area contributed by atoms with Gasteiger partial charge in [-0.05, 0) is 60.9 Å². The summed E-state index contributed by atoms with van der Waals surface area (Å²) >= 11 is 6.52. The second-order valence-electron chi connectivity index (χ2n) is 7.59. The molecule has 1 heterocycles. The van der Waals surface area contributed by atoms with Gasteiger partial charge in [0, 0.05) is 0 Å². The number of hydrogen-bond acceptors (Lipinski definition) is 4. The molecule has 0 saturated heterocycles. The molecule has 160 valence electrons. The number of benzene rings is 3. The van der Waals surface area contributed by atoms with E-state index in [-0.39, 0.29) is 0 Å². The predicted octanol–water partition coefficient (Wildman–Crippen LogP) is 6.48. The molecule has 0 unspecified atom stereocenters. The van der Waals surface area contributed by atoms with Crippen molar-refractivity contribution in [3.8, 4) is 17.6 Å². The van der Waals surface area contributed by atoms with Crippen molar-refractivity contribution in [1.82, 2.24) is 9.97 Å². The van der Waals surface area contributed by atoms with Crippen LogP contribution in [0.3, 0.4) is 0 Å². The number of hydrogen-bond donors (Lipinski definition) is 1. The number of nitrogens with one attached hydrogen (secondary N) is 1. The Morgan fingerprint density at radius 1 is 1.12 bits per heavy atom. The predicted molar refractivity (Wildman–Crippen MR) is 128 cm³/mol. The molecule has 1 aromatic heterocycles. The van der Waals surface area contributed by atoms with E-state index in [0.717, 1.165) is 27.7 Å². The fraction of sp³-hybridized carbons (Fsp3) is 0.154. The SMILES string of the molecule is COc1cc(/C=C(/C#N)c2nc3ccc(C)cc3[nH]2)cc(Cl)c1OCc1cccc(C)c1. The van der Waals surface area contributed by atoms with Gasteiger partial charge in [0.25, 0.3) is 0 Å². The highest BCUT2D eigenvalue weighted by Crippen LogP contribution is 2.38. The van der Waals surface area contributed by atoms with E-state index in [9.17, 15) is 5.26 Å². The number of halogens is 1. The van der Waals surface area contributed by atoms with Crippen molar-refractivity contribution in [3.63, 3.8) is 0 Å². The standard InChI is InChI=1S/C26H22ClN3O2/c1-16-5-4-6-18(9-16)15-32-25-21(27)12-19(13-24(25)31-3)11-20(14-28)26-29-22-8-7-17(2)10-23(22)30-26/h4-13H,15H2,1-3H3,(H,29,30)/b20-11-. The van der Waals surface area contributed by atoms with Crippen molar-refractivity contribution in [1.29, 1.82) is 5.26 Å². The van der Waals surface area contributed by atoms with E-state index in [1.165, 1.54) is 0 Å². The molecule has 32 heavy (non-hydrogen) atoms. The lowest BCUT2D eigenvalue weighted by atomic mass is 10.1. The Morgan fingerprint density at radius 3 is 2.69 bits per heavy atom. The summed E-state index contributed by atoms with van der Waals surface area (Å²) < 4.78 is 11.5. The van der Waals surface area contributed by atoms with Crippen LogP contribution in [0.2, 0.25) is 5.02 Å². The normalized spacial score (nSPS) is 11.4. The Kier molecular flexibility index (Phi) is 6.16. The maximum atomic E-state index is 9.74. The lowest BCUT2D eigenvalue weighted by molar-refractivity contribution is 0.284. The molecule has 0 spiro atoms. The van der Waals surface area contributed by atoms with Crippen molar-refractivity contribution in [2.75, 3.05) is 7.11 Å². The average molecular weight is 444 g/mol. The molecule has 6 heteroatoms. The average Bonchev–Trinajstić information content (AvgIpc) is 3.19. The Hall–Kier alpha value is -3.75. The first kappa shape index (κ1) is 21.5. The zero-order valence-corrected chi connectivity index (χ0v) is 18.8. The number of allylic oxidation sites excluding steroid dienone is 1. The van der Waals surface area contributed by atoms with Gasteiger partial charge in [0.05, 0.1) is 28.7 Å². The van der Waals surface area contributed by atoms with Gasteiger partial charge in [0.1, 0.15) is 18.5 Å². The zero-order valence-electron chi connectivity index (χ0n) is 18.1. The van der Waals surface area contributed by atoms with Crippen LogP contribution in [0, 0.1) is 25.2 Å². The molecule has 0 aliphatic carbocycles. The number of methoxy groups -OCH3 is 1. The quantitative estimate of drug-likeness (QED) is 0.346. The minimum absolute atomic E-state index is 0.370. The van der Waals surface area contributed by atoms with E-state index >= 15 is 0 Å². The highest BCUT2D eigenvalue weighted by atomic mass is 35.5. The second kappa shape index (κ2) is 9.17. The van der Waals surface area contributed by atoms with E-state index in [0.29, 0.717) is 40.1 Å². The van der Waals surface area contributed by atoms with Crippen molar-refractivity contribution in [2.45, 2.75) is 20.5 Å². The maximum Gasteiger partial charge on any atom is 0.180 e. The van der Waals surface area contributed by atoms with E-state index in [4.69, 9.17) is 21.1 Å². The molecule has 0 fully saturated rings. The van der Waals surface area contributed by atoms with Gasteiger partial charge in [-0.15, -0.1) is 0 Å². The molecule has 3 aromatic carbocycles. The topological polar surface area (TPSA) is 70.9 Å². The fourth-order valence-corrected chi connectivity index (χ4v) is 3.77. The Bertz CT molecular complexity index is 1370. The number of aryl methyl sites for hydroxylation is 2. The number of nitriles is 1. The first-order valence-corrected chi connectivity index (χ1v) is 10.5. The first-order valence-electron chi connectivity index (χ1n) is 10.1. The van der Waals surface area contributed by atoms with E-state index in [2.05, 4.69) is 22.1 Å². The molecule has 0 aliphatic rings. The van der Waals surface area contributed by atoms with E-state index in [1.54, 1.807) is 25.3 Å². The molecular formula is C26H22ClN3O2. The van der Waals surface area contributed by atoms with Crippen LogP contribution in [0.4, 0.5) is 0 Å². The summed E-state index contributed by atoms with van der Waals surface area (Å²) in [6, 6.07) is 19.8. The molecular weight excluding hydrogens is 422 g/mol. The number of aromatic nitrogens is 2. The van der Waals surface area contributed by atoms with Crippen LogP contribution in [0.5, 0.6) is 11.5 Å². The number of rotatable bonds is 6. The van der Waals surface area contributed by atoms with Gasteiger partial charge in [-0.2, -0.15) is 5.26 Å². The molecule has 4 rings (SSSR count). The minimum Gasteiger partial charge on any atom is -0.493 e. The number of ether oxygens (including phenoxy) is 2. The molecule has 0 saturated carbocycles. The van der Waals surface area contributed by atoms with Crippen LogP contribution in [0.25, 0.3) is 22.7 Å². The summed E-state index contributed by atoms with van der Waals surface area (Å²) in [6.07, 6.45) is 1.73. The molecule has 4 aromatic rings. The van der Waals surface area contributed by atoms with Crippen molar-refractivity contribution in [2.24, 2.45) is 0 Å². The lowest BCUT2D eigenvalue weighted by Crippen LogP contribution is -1.99. The van der Waals surface area contributed by atoms with Gasteiger partial charge in [-0.3, -0.25) is 0 Å². The molecule has 0 amide bonds. The number of imidazole rings is 1. The third-order valence-electron chi connectivity index (χ3n) is 5.04. The number of fused-ring (bicyclic) bond motifs is 1. The largest absolute Gasteiger partial charge is 0.493 e. The number of nitrogens with zero attached hydrogens (tertiary/aromatic N) is 2. The third-order valence-corrected chi connectivity index (χ3v) is 5.32. The first-order chi connectivity index (χ1) is 15.5.